The van der Waals surface area contributed by atoms with Crippen LogP contribution in [0.1, 0.15) is 22.8 Å². The Labute approximate surface area is 127 Å². The van der Waals surface area contributed by atoms with E-state index >= 15 is 0 Å². The van der Waals surface area contributed by atoms with Crippen molar-refractivity contribution in [2.75, 3.05) is 0 Å². The molecule has 0 amide bonds. The summed E-state index contributed by atoms with van der Waals surface area (Å²) in [5, 5.41) is 19.0. The fourth-order valence-electron chi connectivity index (χ4n) is 1.99. The van der Waals surface area contributed by atoms with E-state index in [0.717, 1.165) is 5.56 Å². The first-order valence-electron chi connectivity index (χ1n) is 6.37. The minimum atomic E-state index is -1.63. The summed E-state index contributed by atoms with van der Waals surface area (Å²) < 4.78 is 5.69. The zero-order valence-electron chi connectivity index (χ0n) is 11.4. The Kier molecular flexibility index (Phi) is 4.83. The second kappa shape index (κ2) is 6.61. The molecule has 0 aliphatic rings. The van der Waals surface area contributed by atoms with Crippen molar-refractivity contribution in [3.8, 4) is 5.75 Å². The SMILES string of the molecule is Cc1ccccc1OCc1c(Cl)cccc1C(O)C(=O)O. The Morgan fingerprint density at radius 2 is 1.95 bits per heavy atom. The van der Waals surface area contributed by atoms with Crippen LogP contribution in [0.4, 0.5) is 0 Å². The van der Waals surface area contributed by atoms with Gasteiger partial charge in [-0.05, 0) is 30.2 Å². The fraction of sp³-hybridized carbons (Fsp3) is 0.188. The van der Waals surface area contributed by atoms with Crippen molar-refractivity contribution in [2.45, 2.75) is 19.6 Å². The number of rotatable bonds is 5. The number of aliphatic hydroxyl groups is 1. The Hall–Kier alpha value is -2.04. The second-order valence-electron chi connectivity index (χ2n) is 4.60. The molecule has 2 aromatic carbocycles. The van der Waals surface area contributed by atoms with Gasteiger partial charge >= 0.3 is 5.97 Å². The summed E-state index contributed by atoms with van der Waals surface area (Å²) in [7, 11) is 0. The largest absolute Gasteiger partial charge is 0.489 e. The molecule has 1 unspecified atom stereocenters. The molecule has 0 aliphatic heterocycles. The highest BCUT2D eigenvalue weighted by Crippen LogP contribution is 2.27. The lowest BCUT2D eigenvalue weighted by molar-refractivity contribution is -0.147. The summed E-state index contributed by atoms with van der Waals surface area (Å²) in [5.74, 6) is -0.636. The number of benzene rings is 2. The monoisotopic (exact) mass is 306 g/mol. The van der Waals surface area contributed by atoms with Crippen LogP contribution >= 0.6 is 11.6 Å². The minimum absolute atomic E-state index is 0.0875. The Morgan fingerprint density at radius 3 is 2.62 bits per heavy atom. The van der Waals surface area contributed by atoms with E-state index in [0.29, 0.717) is 16.3 Å². The molecular formula is C16H15ClO4. The van der Waals surface area contributed by atoms with Crippen LogP contribution < -0.4 is 4.74 Å². The number of aliphatic hydroxyl groups excluding tert-OH is 1. The van der Waals surface area contributed by atoms with Crippen molar-refractivity contribution >= 4 is 17.6 Å². The molecule has 0 aliphatic carbocycles. The first-order chi connectivity index (χ1) is 10.0. The molecule has 0 aromatic heterocycles. The van der Waals surface area contributed by atoms with Gasteiger partial charge in [0.25, 0.3) is 0 Å². The number of carboxylic acid groups (broad SMARTS) is 1. The molecular weight excluding hydrogens is 292 g/mol. The molecule has 110 valence electrons. The van der Waals surface area contributed by atoms with Gasteiger partial charge in [0, 0.05) is 10.6 Å². The molecule has 2 aromatic rings. The van der Waals surface area contributed by atoms with Crippen molar-refractivity contribution in [3.05, 3.63) is 64.2 Å². The molecule has 5 heteroatoms. The molecule has 0 radical (unpaired) electrons. The number of hydrogen-bond donors (Lipinski definition) is 2. The fourth-order valence-corrected chi connectivity index (χ4v) is 2.22. The van der Waals surface area contributed by atoms with E-state index < -0.39 is 12.1 Å². The molecule has 0 heterocycles. The molecule has 0 spiro atoms. The van der Waals surface area contributed by atoms with Gasteiger partial charge in [-0.25, -0.2) is 4.79 Å². The highest BCUT2D eigenvalue weighted by molar-refractivity contribution is 6.31. The predicted octanol–water partition coefficient (Wildman–Crippen LogP) is 3.35. The zero-order valence-corrected chi connectivity index (χ0v) is 12.2. The maximum atomic E-state index is 11.0. The molecule has 0 saturated heterocycles. The maximum absolute atomic E-state index is 11.0. The average molecular weight is 307 g/mol. The van der Waals surface area contributed by atoms with Gasteiger partial charge in [-0.3, -0.25) is 0 Å². The van der Waals surface area contributed by atoms with Crippen molar-refractivity contribution in [1.29, 1.82) is 0 Å². The molecule has 2 N–H and O–H groups in total. The molecule has 0 bridgehead atoms. The smallest absolute Gasteiger partial charge is 0.337 e. The summed E-state index contributed by atoms with van der Waals surface area (Å²) in [6, 6.07) is 12.2. The Bertz CT molecular complexity index is 654. The number of aryl methyl sites for hydroxylation is 1. The van der Waals surface area contributed by atoms with Gasteiger partial charge in [-0.15, -0.1) is 0 Å². The van der Waals surface area contributed by atoms with Crippen molar-refractivity contribution in [3.63, 3.8) is 0 Å². The average Bonchev–Trinajstić information content (AvgIpc) is 2.46. The van der Waals surface area contributed by atoms with Crippen LogP contribution in [0.15, 0.2) is 42.5 Å². The number of carbonyl (C=O) groups is 1. The van der Waals surface area contributed by atoms with E-state index in [9.17, 15) is 9.90 Å². The van der Waals surface area contributed by atoms with E-state index in [-0.39, 0.29) is 12.2 Å². The van der Waals surface area contributed by atoms with Gasteiger partial charge < -0.3 is 14.9 Å². The van der Waals surface area contributed by atoms with Crippen molar-refractivity contribution < 1.29 is 19.7 Å². The highest BCUT2D eigenvalue weighted by Gasteiger charge is 2.21. The van der Waals surface area contributed by atoms with Gasteiger partial charge in [0.2, 0.25) is 0 Å². The molecule has 4 nitrogen and oxygen atoms in total. The number of aliphatic carboxylic acids is 1. The summed E-state index contributed by atoms with van der Waals surface area (Å²) in [4.78, 5) is 11.0. The van der Waals surface area contributed by atoms with Gasteiger partial charge in [0.15, 0.2) is 6.10 Å². The van der Waals surface area contributed by atoms with E-state index in [1.165, 1.54) is 6.07 Å². The Balaban J connectivity index is 2.27. The van der Waals surface area contributed by atoms with Crippen LogP contribution in [-0.2, 0) is 11.4 Å². The molecule has 0 saturated carbocycles. The topological polar surface area (TPSA) is 66.8 Å². The standard InChI is InChI=1S/C16H15ClO4/c1-10-5-2-3-8-14(10)21-9-12-11(15(18)16(19)20)6-4-7-13(12)17/h2-8,15,18H,9H2,1H3,(H,19,20). The lowest BCUT2D eigenvalue weighted by Gasteiger charge is -2.15. The van der Waals surface area contributed by atoms with Gasteiger partial charge in [0.1, 0.15) is 12.4 Å². The lowest BCUT2D eigenvalue weighted by atomic mass is 10.0. The summed E-state index contributed by atoms with van der Waals surface area (Å²) in [6.45, 7) is 2.00. The third-order valence-electron chi connectivity index (χ3n) is 3.15. The quantitative estimate of drug-likeness (QED) is 0.889. The zero-order chi connectivity index (χ0) is 15.4. The van der Waals surface area contributed by atoms with Crippen LogP contribution in [-0.4, -0.2) is 16.2 Å². The van der Waals surface area contributed by atoms with Gasteiger partial charge in [-0.2, -0.15) is 0 Å². The van der Waals surface area contributed by atoms with Crippen molar-refractivity contribution in [2.24, 2.45) is 0 Å². The predicted molar refractivity (Wildman–Crippen MR) is 79.6 cm³/mol. The first-order valence-corrected chi connectivity index (χ1v) is 6.75. The normalized spacial score (nSPS) is 12.0. The molecule has 2 rings (SSSR count). The van der Waals surface area contributed by atoms with Crippen LogP contribution in [0.3, 0.4) is 0 Å². The van der Waals surface area contributed by atoms with Crippen LogP contribution in [0.2, 0.25) is 5.02 Å². The third-order valence-corrected chi connectivity index (χ3v) is 3.50. The molecule has 0 fully saturated rings. The summed E-state index contributed by atoms with van der Waals surface area (Å²) in [6.07, 6.45) is -1.63. The lowest BCUT2D eigenvalue weighted by Crippen LogP contribution is -2.14. The molecule has 21 heavy (non-hydrogen) atoms. The van der Waals surface area contributed by atoms with E-state index in [2.05, 4.69) is 0 Å². The van der Waals surface area contributed by atoms with E-state index in [1.54, 1.807) is 12.1 Å². The highest BCUT2D eigenvalue weighted by atomic mass is 35.5. The number of carboxylic acids is 1. The molecule has 1 atom stereocenters. The number of ether oxygens (including phenoxy) is 1. The minimum Gasteiger partial charge on any atom is -0.489 e. The first kappa shape index (κ1) is 15.4. The van der Waals surface area contributed by atoms with Crippen LogP contribution in [0.5, 0.6) is 5.75 Å². The maximum Gasteiger partial charge on any atom is 0.337 e. The Morgan fingerprint density at radius 1 is 1.24 bits per heavy atom. The van der Waals surface area contributed by atoms with Crippen molar-refractivity contribution in [1.82, 2.24) is 0 Å². The number of para-hydroxylation sites is 1. The number of hydrogen-bond acceptors (Lipinski definition) is 3. The van der Waals surface area contributed by atoms with Crippen LogP contribution in [0, 0.1) is 6.92 Å². The van der Waals surface area contributed by atoms with Gasteiger partial charge in [-0.1, -0.05) is 41.9 Å². The number of halogens is 1. The summed E-state index contributed by atoms with van der Waals surface area (Å²) in [5.41, 5.74) is 1.67. The van der Waals surface area contributed by atoms with Crippen LogP contribution in [0.25, 0.3) is 0 Å². The van der Waals surface area contributed by atoms with E-state index in [1.807, 2.05) is 31.2 Å². The summed E-state index contributed by atoms with van der Waals surface area (Å²) >= 11 is 6.10. The second-order valence-corrected chi connectivity index (χ2v) is 5.01. The van der Waals surface area contributed by atoms with E-state index in [4.69, 9.17) is 21.4 Å². The third kappa shape index (κ3) is 3.54. The van der Waals surface area contributed by atoms with Gasteiger partial charge in [0.05, 0.1) is 0 Å².